The van der Waals surface area contributed by atoms with Gasteiger partial charge in [0.25, 0.3) is 0 Å². The molecule has 1 N–H and O–H groups in total. The first-order valence-corrected chi connectivity index (χ1v) is 8.61. The van der Waals surface area contributed by atoms with E-state index in [1.54, 1.807) is 6.08 Å². The molecule has 1 aliphatic rings. The van der Waals surface area contributed by atoms with Crippen LogP contribution < -0.4 is 5.32 Å². The van der Waals surface area contributed by atoms with Crippen molar-refractivity contribution in [1.82, 2.24) is 5.32 Å². The highest BCUT2D eigenvalue weighted by molar-refractivity contribution is 6.30. The molecule has 0 heterocycles. The van der Waals surface area contributed by atoms with Gasteiger partial charge in [-0.05, 0) is 48.3 Å². The predicted molar refractivity (Wildman–Crippen MR) is 97.6 cm³/mol. The molecule has 0 aliphatic heterocycles. The molecule has 0 saturated heterocycles. The molecule has 2 nitrogen and oxygen atoms in total. The quantitative estimate of drug-likeness (QED) is 0.569. The zero-order chi connectivity index (χ0) is 17.0. The van der Waals surface area contributed by atoms with E-state index in [-0.39, 0.29) is 17.4 Å². The van der Waals surface area contributed by atoms with Gasteiger partial charge in [-0.1, -0.05) is 62.7 Å². The Morgan fingerprint density at radius 2 is 1.91 bits per heavy atom. The second kappa shape index (κ2) is 7.35. The lowest BCUT2D eigenvalue weighted by molar-refractivity contribution is -0.117. The summed E-state index contributed by atoms with van der Waals surface area (Å²) < 4.78 is 0. The molecule has 0 radical (unpaired) electrons. The lowest BCUT2D eigenvalue weighted by Crippen LogP contribution is -2.34. The summed E-state index contributed by atoms with van der Waals surface area (Å²) >= 11 is 5.93. The van der Waals surface area contributed by atoms with Crippen molar-refractivity contribution in [3.8, 4) is 0 Å². The van der Waals surface area contributed by atoms with Crippen molar-refractivity contribution in [1.29, 1.82) is 0 Å². The molecule has 0 spiro atoms. The fourth-order valence-corrected chi connectivity index (χ4v) is 2.74. The summed E-state index contributed by atoms with van der Waals surface area (Å²) in [6, 6.07) is 8.27. The second-order valence-electron chi connectivity index (χ2n) is 7.07. The molecule has 1 saturated carbocycles. The number of benzene rings is 1. The number of hydrogen-bond donors (Lipinski definition) is 1. The molecule has 1 aromatic rings. The molecule has 23 heavy (non-hydrogen) atoms. The van der Waals surface area contributed by atoms with Crippen molar-refractivity contribution in [3.63, 3.8) is 0 Å². The van der Waals surface area contributed by atoms with E-state index in [0.29, 0.717) is 11.8 Å². The monoisotopic (exact) mass is 331 g/mol. The van der Waals surface area contributed by atoms with E-state index in [9.17, 15) is 4.79 Å². The molecule has 1 aromatic carbocycles. The molecular formula is C20H26ClNO. The van der Waals surface area contributed by atoms with Crippen LogP contribution in [0.1, 0.15) is 45.6 Å². The molecule has 0 aromatic heterocycles. The summed E-state index contributed by atoms with van der Waals surface area (Å²) in [6.45, 7) is 8.46. The van der Waals surface area contributed by atoms with E-state index < -0.39 is 0 Å². The third-order valence-electron chi connectivity index (χ3n) is 4.76. The number of hydrogen-bond acceptors (Lipinski definition) is 1. The number of nitrogens with one attached hydrogen (secondary N) is 1. The second-order valence-corrected chi connectivity index (χ2v) is 7.51. The number of halogens is 1. The maximum absolute atomic E-state index is 11.8. The molecule has 1 fully saturated rings. The lowest BCUT2D eigenvalue weighted by Gasteiger charge is -2.15. The first kappa shape index (κ1) is 17.8. The summed E-state index contributed by atoms with van der Waals surface area (Å²) in [7, 11) is 0. The maximum Gasteiger partial charge on any atom is 0.244 e. The van der Waals surface area contributed by atoms with E-state index in [1.807, 2.05) is 31.2 Å². The fraction of sp³-hybridized carbons (Fsp3) is 0.450. The van der Waals surface area contributed by atoms with E-state index in [1.165, 1.54) is 5.56 Å². The van der Waals surface area contributed by atoms with Crippen molar-refractivity contribution >= 4 is 17.5 Å². The normalized spacial score (nSPS) is 25.2. The molecule has 2 rings (SSSR count). The maximum atomic E-state index is 11.8. The zero-order valence-electron chi connectivity index (χ0n) is 14.3. The zero-order valence-corrected chi connectivity index (χ0v) is 15.1. The van der Waals surface area contributed by atoms with Crippen molar-refractivity contribution in [2.24, 2.45) is 11.3 Å². The largest absolute Gasteiger partial charge is 0.350 e. The van der Waals surface area contributed by atoms with Crippen LogP contribution in [-0.4, -0.2) is 11.9 Å². The number of amides is 1. The summed E-state index contributed by atoms with van der Waals surface area (Å²) in [6.07, 6.45) is 8.73. The van der Waals surface area contributed by atoms with Gasteiger partial charge in [0.1, 0.15) is 0 Å². The van der Waals surface area contributed by atoms with Gasteiger partial charge in [-0.3, -0.25) is 4.79 Å². The van der Waals surface area contributed by atoms with Crippen LogP contribution in [-0.2, 0) is 4.79 Å². The Bertz CT molecular complexity index is 603. The molecule has 124 valence electrons. The Labute approximate surface area is 144 Å². The Hall–Kier alpha value is -1.54. The Kier molecular flexibility index (Phi) is 5.69. The average Bonchev–Trinajstić information content (AvgIpc) is 3.16. The van der Waals surface area contributed by atoms with Gasteiger partial charge in [-0.2, -0.15) is 0 Å². The molecule has 3 atom stereocenters. The third-order valence-corrected chi connectivity index (χ3v) is 5.01. The van der Waals surface area contributed by atoms with E-state index >= 15 is 0 Å². The average molecular weight is 332 g/mol. The van der Waals surface area contributed by atoms with Crippen LogP contribution in [0.2, 0.25) is 5.02 Å². The molecule has 1 aliphatic carbocycles. The van der Waals surface area contributed by atoms with Crippen LogP contribution in [0.3, 0.4) is 0 Å². The Balaban J connectivity index is 1.85. The van der Waals surface area contributed by atoms with Crippen LogP contribution in [0.5, 0.6) is 0 Å². The molecule has 0 bridgehead atoms. The number of carbonyl (C=O) groups excluding carboxylic acids is 1. The van der Waals surface area contributed by atoms with Gasteiger partial charge in [0, 0.05) is 17.1 Å². The summed E-state index contributed by atoms with van der Waals surface area (Å²) in [4.78, 5) is 11.8. The molecule has 3 heteroatoms. The van der Waals surface area contributed by atoms with Gasteiger partial charge in [0.2, 0.25) is 5.91 Å². The van der Waals surface area contributed by atoms with E-state index in [4.69, 9.17) is 11.6 Å². The summed E-state index contributed by atoms with van der Waals surface area (Å²) in [5.74, 6) is 0.943. The lowest BCUT2D eigenvalue weighted by atomic mass is 10.0. The van der Waals surface area contributed by atoms with Crippen molar-refractivity contribution in [2.45, 2.75) is 46.1 Å². The first-order valence-electron chi connectivity index (χ1n) is 8.24. The van der Waals surface area contributed by atoms with Gasteiger partial charge < -0.3 is 5.32 Å². The number of rotatable bonds is 6. The standard InChI is InChI=1S/C20H26ClNO/c1-14(2)15(3)22-19(23)7-5-6-12-20(4)13-18(20)16-8-10-17(21)11-9-16/h5-12,14-15,18H,13H2,1-4H3,(H,22,23)/t15?,18-,20+/m0/s1. The molecule has 1 amide bonds. The van der Waals surface area contributed by atoms with Crippen LogP contribution in [0.15, 0.2) is 48.6 Å². The van der Waals surface area contributed by atoms with Crippen LogP contribution in [0.25, 0.3) is 0 Å². The molecular weight excluding hydrogens is 306 g/mol. The minimum absolute atomic E-state index is 0.0361. The smallest absolute Gasteiger partial charge is 0.244 e. The fourth-order valence-electron chi connectivity index (χ4n) is 2.62. The topological polar surface area (TPSA) is 29.1 Å². The number of carbonyl (C=O) groups is 1. The minimum atomic E-state index is -0.0361. The minimum Gasteiger partial charge on any atom is -0.350 e. The van der Waals surface area contributed by atoms with E-state index in [0.717, 1.165) is 11.4 Å². The highest BCUT2D eigenvalue weighted by Gasteiger charge is 2.48. The summed E-state index contributed by atoms with van der Waals surface area (Å²) in [5, 5.41) is 3.73. The first-order chi connectivity index (χ1) is 10.8. The highest BCUT2D eigenvalue weighted by Crippen LogP contribution is 2.60. The number of allylic oxidation sites excluding steroid dienone is 3. The van der Waals surface area contributed by atoms with Gasteiger partial charge >= 0.3 is 0 Å². The SMILES string of the molecule is CC(C)C(C)NC(=O)C=CC=C[C@]1(C)C[C@H]1c1ccc(Cl)cc1. The van der Waals surface area contributed by atoms with Crippen molar-refractivity contribution in [3.05, 3.63) is 59.2 Å². The predicted octanol–water partition coefficient (Wildman–Crippen LogP) is 5.11. The van der Waals surface area contributed by atoms with Crippen LogP contribution in [0, 0.1) is 11.3 Å². The van der Waals surface area contributed by atoms with Crippen LogP contribution in [0.4, 0.5) is 0 Å². The Morgan fingerprint density at radius 1 is 1.26 bits per heavy atom. The third kappa shape index (κ3) is 4.97. The van der Waals surface area contributed by atoms with Gasteiger partial charge in [0.15, 0.2) is 0 Å². The summed E-state index contributed by atoms with van der Waals surface area (Å²) in [5.41, 5.74) is 1.51. The van der Waals surface area contributed by atoms with Gasteiger partial charge in [-0.15, -0.1) is 0 Å². The van der Waals surface area contributed by atoms with Crippen molar-refractivity contribution < 1.29 is 4.79 Å². The van der Waals surface area contributed by atoms with E-state index in [2.05, 4.69) is 44.3 Å². The Morgan fingerprint density at radius 3 is 2.52 bits per heavy atom. The van der Waals surface area contributed by atoms with Crippen molar-refractivity contribution in [2.75, 3.05) is 0 Å². The molecule has 1 unspecified atom stereocenters. The van der Waals surface area contributed by atoms with Gasteiger partial charge in [0.05, 0.1) is 0 Å². The van der Waals surface area contributed by atoms with Gasteiger partial charge in [-0.25, -0.2) is 0 Å². The highest BCUT2D eigenvalue weighted by atomic mass is 35.5. The van der Waals surface area contributed by atoms with Crippen LogP contribution >= 0.6 is 11.6 Å².